The van der Waals surface area contributed by atoms with Crippen molar-refractivity contribution in [2.75, 3.05) is 6.54 Å². The molecule has 4 N–H and O–H groups in total. The van der Waals surface area contributed by atoms with Gasteiger partial charge in [0, 0.05) is 30.5 Å². The Bertz CT molecular complexity index is 702. The first-order chi connectivity index (χ1) is 11.3. The molecule has 0 bridgehead atoms. The van der Waals surface area contributed by atoms with E-state index in [4.69, 9.17) is 10.2 Å². The number of furan rings is 1. The Labute approximate surface area is 141 Å². The second-order valence-corrected chi connectivity index (χ2v) is 8.43. The lowest BCUT2D eigenvalue weighted by Gasteiger charge is -2.60. The highest BCUT2D eigenvalue weighted by Gasteiger charge is 2.57. The Hall–Kier alpha value is -1.82. The Morgan fingerprint density at radius 1 is 1.42 bits per heavy atom. The summed E-state index contributed by atoms with van der Waals surface area (Å²) in [6, 6.07) is 0.298. The van der Waals surface area contributed by atoms with E-state index in [9.17, 15) is 9.59 Å². The van der Waals surface area contributed by atoms with E-state index in [0.29, 0.717) is 29.9 Å². The fraction of sp³-hybridized carbons (Fsp3) is 0.667. The van der Waals surface area contributed by atoms with Gasteiger partial charge in [0.25, 0.3) is 11.8 Å². The van der Waals surface area contributed by atoms with E-state index in [0.717, 1.165) is 19.3 Å². The van der Waals surface area contributed by atoms with Crippen LogP contribution in [-0.4, -0.2) is 30.4 Å². The van der Waals surface area contributed by atoms with E-state index in [1.54, 1.807) is 0 Å². The molecule has 2 atom stereocenters. The van der Waals surface area contributed by atoms with Gasteiger partial charge in [0.2, 0.25) is 0 Å². The molecule has 130 valence electrons. The molecule has 2 saturated carbocycles. The molecule has 0 aromatic carbocycles. The maximum absolute atomic E-state index is 12.7. The van der Waals surface area contributed by atoms with Crippen molar-refractivity contribution in [3.63, 3.8) is 0 Å². The number of hydrogen-bond acceptors (Lipinski definition) is 4. The van der Waals surface area contributed by atoms with Gasteiger partial charge in [-0.05, 0) is 24.7 Å². The number of nitrogens with one attached hydrogen (secondary N) is 2. The molecule has 4 rings (SSSR count). The van der Waals surface area contributed by atoms with Gasteiger partial charge in [-0.2, -0.15) is 0 Å². The Balaban J connectivity index is 1.56. The summed E-state index contributed by atoms with van der Waals surface area (Å²) in [5.41, 5.74) is 6.88. The number of hydrogen-bond donors (Lipinski definition) is 3. The van der Waals surface area contributed by atoms with Crippen molar-refractivity contribution in [3.05, 3.63) is 23.2 Å². The Kier molecular flexibility index (Phi) is 3.33. The third-order valence-electron chi connectivity index (χ3n) is 6.22. The maximum Gasteiger partial charge on any atom is 0.255 e. The summed E-state index contributed by atoms with van der Waals surface area (Å²) in [5.74, 6) is 0.153. The lowest BCUT2D eigenvalue weighted by Crippen LogP contribution is -2.69. The summed E-state index contributed by atoms with van der Waals surface area (Å²) < 4.78 is 5.59. The van der Waals surface area contributed by atoms with Crippen LogP contribution in [0.2, 0.25) is 0 Å². The van der Waals surface area contributed by atoms with Crippen molar-refractivity contribution in [2.45, 2.75) is 58.0 Å². The predicted octanol–water partition coefficient (Wildman–Crippen LogP) is 1.59. The summed E-state index contributed by atoms with van der Waals surface area (Å²) in [5, 5.41) is 6.00. The van der Waals surface area contributed by atoms with Crippen molar-refractivity contribution in [1.82, 2.24) is 10.6 Å². The highest BCUT2D eigenvalue weighted by molar-refractivity contribution is 6.08. The molecule has 2 heterocycles. The van der Waals surface area contributed by atoms with Crippen LogP contribution in [0.5, 0.6) is 0 Å². The third kappa shape index (κ3) is 2.19. The molecule has 2 amide bonds. The van der Waals surface area contributed by atoms with Gasteiger partial charge in [-0.1, -0.05) is 20.3 Å². The zero-order valence-corrected chi connectivity index (χ0v) is 14.3. The van der Waals surface area contributed by atoms with Crippen molar-refractivity contribution >= 4 is 11.8 Å². The molecule has 1 aromatic rings. The summed E-state index contributed by atoms with van der Waals surface area (Å²) >= 11 is 0. The van der Waals surface area contributed by atoms with E-state index in [-0.39, 0.29) is 34.7 Å². The van der Waals surface area contributed by atoms with Gasteiger partial charge >= 0.3 is 0 Å². The molecule has 1 aliphatic heterocycles. The van der Waals surface area contributed by atoms with E-state index >= 15 is 0 Å². The maximum atomic E-state index is 12.7. The first-order valence-electron chi connectivity index (χ1n) is 8.77. The molecule has 2 unspecified atom stereocenters. The van der Waals surface area contributed by atoms with Gasteiger partial charge < -0.3 is 20.8 Å². The van der Waals surface area contributed by atoms with Crippen LogP contribution in [0.4, 0.5) is 0 Å². The molecule has 1 aromatic heterocycles. The molecule has 2 aliphatic carbocycles. The normalized spacial score (nSPS) is 29.7. The second kappa shape index (κ2) is 5.09. The van der Waals surface area contributed by atoms with Gasteiger partial charge in [-0.15, -0.1) is 0 Å². The average Bonchev–Trinajstić information content (AvgIpc) is 2.80. The molecule has 0 radical (unpaired) electrons. The van der Waals surface area contributed by atoms with E-state index < -0.39 is 0 Å². The Morgan fingerprint density at radius 2 is 2.17 bits per heavy atom. The van der Waals surface area contributed by atoms with Crippen molar-refractivity contribution in [1.29, 1.82) is 0 Å². The van der Waals surface area contributed by atoms with E-state index in [1.165, 1.54) is 12.7 Å². The van der Waals surface area contributed by atoms with Crippen LogP contribution in [0.1, 0.15) is 66.0 Å². The summed E-state index contributed by atoms with van der Waals surface area (Å²) in [6.45, 7) is 4.71. The van der Waals surface area contributed by atoms with Crippen LogP contribution >= 0.6 is 0 Å². The van der Waals surface area contributed by atoms with Crippen LogP contribution in [0.3, 0.4) is 0 Å². The van der Waals surface area contributed by atoms with Gasteiger partial charge in [0.15, 0.2) is 0 Å². The number of amides is 2. The van der Waals surface area contributed by atoms with Crippen LogP contribution in [0.15, 0.2) is 10.7 Å². The molecule has 6 nitrogen and oxygen atoms in total. The third-order valence-corrected chi connectivity index (χ3v) is 6.22. The van der Waals surface area contributed by atoms with Crippen LogP contribution in [0.25, 0.3) is 0 Å². The molecule has 3 aliphatic rings. The van der Waals surface area contributed by atoms with Crippen LogP contribution in [0, 0.1) is 10.8 Å². The van der Waals surface area contributed by atoms with Crippen molar-refractivity contribution < 1.29 is 14.0 Å². The van der Waals surface area contributed by atoms with Gasteiger partial charge in [-0.25, -0.2) is 0 Å². The fourth-order valence-electron chi connectivity index (χ4n) is 4.41. The predicted molar refractivity (Wildman–Crippen MR) is 88.7 cm³/mol. The largest absolute Gasteiger partial charge is 0.468 e. The fourth-order valence-corrected chi connectivity index (χ4v) is 4.41. The average molecular weight is 331 g/mol. The highest BCUT2D eigenvalue weighted by atomic mass is 16.3. The van der Waals surface area contributed by atoms with E-state index in [1.807, 2.05) is 0 Å². The SMILES string of the molecule is CC1(C)CNC(=O)c2c(C(=O)NC3CC(N)C34CCC4)coc2C1. The van der Waals surface area contributed by atoms with Gasteiger partial charge in [0.05, 0.1) is 11.1 Å². The number of fused-ring (bicyclic) bond motifs is 1. The summed E-state index contributed by atoms with van der Waals surface area (Å²) in [4.78, 5) is 25.2. The van der Waals surface area contributed by atoms with Gasteiger partial charge in [0.1, 0.15) is 12.0 Å². The standard InChI is InChI=1S/C18H25N3O3/c1-17(2)7-11-14(16(23)20-9-17)10(8-24-11)15(22)21-13-6-12(19)18(13)4-3-5-18/h8,12-13H,3-7,9,19H2,1-2H3,(H,20,23)(H,21,22). The smallest absolute Gasteiger partial charge is 0.255 e. The van der Waals surface area contributed by atoms with Crippen LogP contribution < -0.4 is 16.4 Å². The minimum absolute atomic E-state index is 0.0839. The minimum Gasteiger partial charge on any atom is -0.468 e. The molecule has 1 spiro atoms. The lowest BCUT2D eigenvalue weighted by molar-refractivity contribution is -0.0389. The second-order valence-electron chi connectivity index (χ2n) is 8.43. The number of carbonyl (C=O) groups is 2. The lowest BCUT2D eigenvalue weighted by atomic mass is 9.50. The summed E-state index contributed by atoms with van der Waals surface area (Å²) in [7, 11) is 0. The number of carbonyl (C=O) groups excluding carboxylic acids is 2. The Morgan fingerprint density at radius 3 is 2.79 bits per heavy atom. The monoisotopic (exact) mass is 331 g/mol. The molecule has 6 heteroatoms. The van der Waals surface area contributed by atoms with E-state index in [2.05, 4.69) is 24.5 Å². The molecular weight excluding hydrogens is 306 g/mol. The molecular formula is C18H25N3O3. The molecule has 0 saturated heterocycles. The highest BCUT2D eigenvalue weighted by Crippen LogP contribution is 2.55. The number of nitrogens with two attached hydrogens (primary N) is 1. The quantitative estimate of drug-likeness (QED) is 0.766. The van der Waals surface area contributed by atoms with Crippen molar-refractivity contribution in [2.24, 2.45) is 16.6 Å². The van der Waals surface area contributed by atoms with Crippen molar-refractivity contribution in [3.8, 4) is 0 Å². The molecule has 24 heavy (non-hydrogen) atoms. The van der Waals surface area contributed by atoms with Gasteiger partial charge in [-0.3, -0.25) is 9.59 Å². The zero-order chi connectivity index (χ0) is 17.1. The topological polar surface area (TPSA) is 97.4 Å². The first kappa shape index (κ1) is 15.7. The summed E-state index contributed by atoms with van der Waals surface area (Å²) in [6.07, 6.45) is 6.21. The zero-order valence-electron chi connectivity index (χ0n) is 14.3. The first-order valence-corrected chi connectivity index (χ1v) is 8.77. The van der Waals surface area contributed by atoms with Crippen LogP contribution in [-0.2, 0) is 6.42 Å². The number of rotatable bonds is 2. The molecule has 2 fully saturated rings. The minimum atomic E-state index is -0.224.